The van der Waals surface area contributed by atoms with Crippen LogP contribution >= 0.6 is 0 Å². The molecule has 0 amide bonds. The lowest BCUT2D eigenvalue weighted by molar-refractivity contribution is 0.474. The molecule has 0 aliphatic heterocycles. The van der Waals surface area contributed by atoms with Gasteiger partial charge in [-0.3, -0.25) is 0 Å². The molecule has 0 spiro atoms. The number of aromatic hydroxyl groups is 1. The summed E-state index contributed by atoms with van der Waals surface area (Å²) < 4.78 is 0. The molecular weight excluding hydrogens is 296 g/mol. The molecule has 0 saturated heterocycles. The van der Waals surface area contributed by atoms with Crippen molar-refractivity contribution in [1.82, 2.24) is 0 Å². The molecule has 24 heavy (non-hydrogen) atoms. The molecule has 0 aromatic heterocycles. The fourth-order valence-electron chi connectivity index (χ4n) is 2.32. The Hall–Kier alpha value is -2.68. The summed E-state index contributed by atoms with van der Waals surface area (Å²) in [6, 6.07) is 17.3. The van der Waals surface area contributed by atoms with Crippen LogP contribution in [0.15, 0.2) is 70.4 Å². The molecule has 3 heteroatoms. The van der Waals surface area contributed by atoms with Crippen LogP contribution in [0.1, 0.15) is 43.7 Å². The molecule has 2 aromatic rings. The Labute approximate surface area is 144 Å². The number of phenolic OH excluding ortho intramolecular Hbond substituents is 1. The fourth-order valence-corrected chi connectivity index (χ4v) is 2.32. The monoisotopic (exact) mass is 320 g/mol. The van der Waals surface area contributed by atoms with Gasteiger partial charge in [0.25, 0.3) is 0 Å². The highest BCUT2D eigenvalue weighted by molar-refractivity contribution is 5.87. The lowest BCUT2D eigenvalue weighted by Gasteiger charge is -2.01. The smallest absolute Gasteiger partial charge is 0.124 e. The maximum Gasteiger partial charge on any atom is 0.124 e. The van der Waals surface area contributed by atoms with Crippen LogP contribution in [0.3, 0.4) is 0 Å². The quantitative estimate of drug-likeness (QED) is 0.392. The number of para-hydroxylation sites is 1. The molecule has 0 saturated carbocycles. The average molecular weight is 320 g/mol. The molecule has 124 valence electrons. The van der Waals surface area contributed by atoms with E-state index in [1.165, 1.54) is 18.4 Å². The van der Waals surface area contributed by atoms with Gasteiger partial charge in [-0.05, 0) is 36.1 Å². The number of allylic oxidation sites excluding steroid dienone is 1. The molecule has 2 rings (SSSR count). The minimum atomic E-state index is 0.208. The highest BCUT2D eigenvalue weighted by Crippen LogP contribution is 2.14. The summed E-state index contributed by atoms with van der Waals surface area (Å²) in [7, 11) is 0. The molecule has 0 aliphatic rings. The fraction of sp³-hybridized carbons (Fsp3) is 0.238. The van der Waals surface area contributed by atoms with Gasteiger partial charge in [-0.15, -0.1) is 0 Å². The van der Waals surface area contributed by atoms with Crippen molar-refractivity contribution in [1.29, 1.82) is 0 Å². The first-order valence-corrected chi connectivity index (χ1v) is 8.39. The minimum Gasteiger partial charge on any atom is -0.507 e. The average Bonchev–Trinajstić information content (AvgIpc) is 2.61. The lowest BCUT2D eigenvalue weighted by Crippen LogP contribution is -1.87. The molecule has 0 radical (unpaired) electrons. The van der Waals surface area contributed by atoms with Crippen molar-refractivity contribution in [3.63, 3.8) is 0 Å². The Morgan fingerprint density at radius 2 is 1.71 bits per heavy atom. The number of rotatable bonds is 8. The van der Waals surface area contributed by atoms with Crippen LogP contribution in [-0.4, -0.2) is 17.5 Å². The third-order valence-electron chi connectivity index (χ3n) is 3.64. The van der Waals surface area contributed by atoms with Crippen molar-refractivity contribution in [2.75, 3.05) is 0 Å². The van der Waals surface area contributed by atoms with E-state index in [-0.39, 0.29) is 5.75 Å². The van der Waals surface area contributed by atoms with E-state index in [9.17, 15) is 5.11 Å². The molecule has 0 bridgehead atoms. The van der Waals surface area contributed by atoms with Crippen LogP contribution in [0.5, 0.6) is 5.75 Å². The summed E-state index contributed by atoms with van der Waals surface area (Å²) in [5.41, 5.74) is 2.98. The van der Waals surface area contributed by atoms with Crippen molar-refractivity contribution in [2.45, 2.75) is 32.6 Å². The maximum atomic E-state index is 9.70. The number of nitrogens with zero attached hydrogens (tertiary/aromatic N) is 2. The standard InChI is InChI=1S/C21H24N2O/c1-2-3-5-12-19(15-18-10-6-4-7-11-18)16-22-23-17-20-13-8-9-14-21(20)24/h4,6-11,13-17,24H,2-3,5,12H2,1H3/b19-15+,22-16+,23-17+. The summed E-state index contributed by atoms with van der Waals surface area (Å²) in [5.74, 6) is 0.208. The van der Waals surface area contributed by atoms with E-state index in [2.05, 4.69) is 35.3 Å². The molecule has 2 aromatic carbocycles. The zero-order chi connectivity index (χ0) is 17.0. The van der Waals surface area contributed by atoms with Crippen LogP contribution in [-0.2, 0) is 0 Å². The van der Waals surface area contributed by atoms with Gasteiger partial charge in [-0.1, -0.05) is 68.3 Å². The predicted molar refractivity (Wildman–Crippen MR) is 103 cm³/mol. The van der Waals surface area contributed by atoms with Gasteiger partial charge >= 0.3 is 0 Å². The van der Waals surface area contributed by atoms with Gasteiger partial charge in [0.1, 0.15) is 5.75 Å². The summed E-state index contributed by atoms with van der Waals surface area (Å²) in [5, 5.41) is 17.9. The van der Waals surface area contributed by atoms with E-state index < -0.39 is 0 Å². The van der Waals surface area contributed by atoms with Crippen LogP contribution in [0.2, 0.25) is 0 Å². The largest absolute Gasteiger partial charge is 0.507 e. The number of phenols is 1. The highest BCUT2D eigenvalue weighted by atomic mass is 16.3. The van der Waals surface area contributed by atoms with Crippen LogP contribution < -0.4 is 0 Å². The Kier molecular flexibility index (Phi) is 7.48. The van der Waals surface area contributed by atoms with Crippen molar-refractivity contribution in [3.8, 4) is 5.75 Å². The van der Waals surface area contributed by atoms with Crippen LogP contribution in [0, 0.1) is 0 Å². The summed E-state index contributed by atoms with van der Waals surface area (Å²) >= 11 is 0. The summed E-state index contributed by atoms with van der Waals surface area (Å²) in [6.07, 6.45) is 10.1. The second kappa shape index (κ2) is 10.2. The van der Waals surface area contributed by atoms with Gasteiger partial charge < -0.3 is 5.11 Å². The minimum absolute atomic E-state index is 0.208. The Morgan fingerprint density at radius 3 is 2.46 bits per heavy atom. The molecule has 0 atom stereocenters. The second-order valence-electron chi connectivity index (χ2n) is 5.63. The normalized spacial score (nSPS) is 12.3. The number of hydrogen-bond donors (Lipinski definition) is 1. The third kappa shape index (κ3) is 6.21. The molecule has 1 N–H and O–H groups in total. The Balaban J connectivity index is 2.07. The van der Waals surface area contributed by atoms with Gasteiger partial charge in [0.15, 0.2) is 0 Å². The van der Waals surface area contributed by atoms with E-state index in [0.29, 0.717) is 5.56 Å². The Bertz CT molecular complexity index is 703. The Morgan fingerprint density at radius 1 is 0.958 bits per heavy atom. The van der Waals surface area contributed by atoms with Crippen molar-refractivity contribution >= 4 is 18.5 Å². The highest BCUT2D eigenvalue weighted by Gasteiger charge is 1.97. The first-order chi connectivity index (χ1) is 11.8. The third-order valence-corrected chi connectivity index (χ3v) is 3.64. The van der Waals surface area contributed by atoms with Gasteiger partial charge in [0, 0.05) is 5.56 Å². The van der Waals surface area contributed by atoms with Gasteiger partial charge in [0.05, 0.1) is 12.4 Å². The number of benzene rings is 2. The molecule has 0 heterocycles. The van der Waals surface area contributed by atoms with E-state index in [1.54, 1.807) is 30.6 Å². The van der Waals surface area contributed by atoms with E-state index in [0.717, 1.165) is 18.4 Å². The molecule has 3 nitrogen and oxygen atoms in total. The maximum absolute atomic E-state index is 9.70. The first-order valence-electron chi connectivity index (χ1n) is 8.39. The summed E-state index contributed by atoms with van der Waals surface area (Å²) in [4.78, 5) is 0. The topological polar surface area (TPSA) is 45.0 Å². The van der Waals surface area contributed by atoms with E-state index in [1.807, 2.05) is 24.3 Å². The number of unbranched alkanes of at least 4 members (excludes halogenated alkanes) is 2. The molecule has 0 unspecified atom stereocenters. The van der Waals surface area contributed by atoms with Crippen molar-refractivity contribution < 1.29 is 5.11 Å². The van der Waals surface area contributed by atoms with Gasteiger partial charge in [-0.2, -0.15) is 10.2 Å². The van der Waals surface area contributed by atoms with Gasteiger partial charge in [0.2, 0.25) is 0 Å². The molecule has 0 aliphatic carbocycles. The lowest BCUT2D eigenvalue weighted by atomic mass is 10.1. The van der Waals surface area contributed by atoms with Crippen molar-refractivity contribution in [2.24, 2.45) is 10.2 Å². The molecular formula is C21H24N2O. The zero-order valence-electron chi connectivity index (χ0n) is 14.1. The number of hydrogen-bond acceptors (Lipinski definition) is 3. The first kappa shape index (κ1) is 17.7. The second-order valence-corrected chi connectivity index (χ2v) is 5.63. The van der Waals surface area contributed by atoms with E-state index >= 15 is 0 Å². The molecule has 0 fully saturated rings. The zero-order valence-corrected chi connectivity index (χ0v) is 14.1. The van der Waals surface area contributed by atoms with E-state index in [4.69, 9.17) is 0 Å². The van der Waals surface area contributed by atoms with Gasteiger partial charge in [-0.25, -0.2) is 0 Å². The van der Waals surface area contributed by atoms with Crippen LogP contribution in [0.25, 0.3) is 6.08 Å². The summed E-state index contributed by atoms with van der Waals surface area (Å²) in [6.45, 7) is 2.20. The SMILES string of the molecule is CCCCCC(/C=N/N=C/c1ccccc1O)=C\c1ccccc1. The van der Waals surface area contributed by atoms with Crippen LogP contribution in [0.4, 0.5) is 0 Å². The predicted octanol–water partition coefficient (Wildman–Crippen LogP) is 5.46. The van der Waals surface area contributed by atoms with Crippen molar-refractivity contribution in [3.05, 3.63) is 71.3 Å².